The van der Waals surface area contributed by atoms with Gasteiger partial charge < -0.3 is 20.7 Å². The van der Waals surface area contributed by atoms with Gasteiger partial charge >= 0.3 is 0 Å². The molecule has 1 aliphatic heterocycles. The number of morpholine rings is 1. The molecule has 0 saturated carbocycles. The van der Waals surface area contributed by atoms with Crippen molar-refractivity contribution in [2.75, 3.05) is 45.2 Å². The van der Waals surface area contributed by atoms with E-state index in [9.17, 15) is 4.79 Å². The van der Waals surface area contributed by atoms with Crippen molar-refractivity contribution in [1.82, 2.24) is 25.3 Å². The van der Waals surface area contributed by atoms with Crippen LogP contribution in [0.2, 0.25) is 0 Å². The molecule has 1 unspecified atom stereocenters. The number of hydrogen-bond donors (Lipinski definition) is 3. The van der Waals surface area contributed by atoms with Gasteiger partial charge in [0, 0.05) is 57.3 Å². The molecule has 0 bridgehead atoms. The van der Waals surface area contributed by atoms with E-state index in [-0.39, 0.29) is 12.5 Å². The summed E-state index contributed by atoms with van der Waals surface area (Å²) in [5.74, 6) is 1.18. The van der Waals surface area contributed by atoms with Crippen molar-refractivity contribution in [1.29, 1.82) is 0 Å². The van der Waals surface area contributed by atoms with Gasteiger partial charge in [-0.25, -0.2) is 0 Å². The summed E-state index contributed by atoms with van der Waals surface area (Å²) in [6, 6.07) is 10.0. The van der Waals surface area contributed by atoms with Gasteiger partial charge in [-0.05, 0) is 29.7 Å². The molecular weight excluding hydrogens is 406 g/mol. The van der Waals surface area contributed by atoms with Crippen LogP contribution in [0.4, 0.5) is 5.69 Å². The Hall–Kier alpha value is -2.91. The van der Waals surface area contributed by atoms with E-state index in [2.05, 4.69) is 44.8 Å². The van der Waals surface area contributed by atoms with Crippen molar-refractivity contribution in [3.8, 4) is 0 Å². The fourth-order valence-electron chi connectivity index (χ4n) is 3.80. The van der Waals surface area contributed by atoms with E-state index in [4.69, 9.17) is 4.74 Å². The monoisotopic (exact) mass is 441 g/mol. The van der Waals surface area contributed by atoms with Gasteiger partial charge in [0.1, 0.15) is 6.54 Å². The number of ether oxygens (including phenoxy) is 1. The van der Waals surface area contributed by atoms with E-state index < -0.39 is 0 Å². The standard InChI is InChI=1S/C23H35N7O2/c1-18(2)21(29-10-12-32-13-11-29)16-26-23(24-3)25-15-19-6-4-7-20(14-19)28-22(31)17-30-9-5-8-27-30/h4-9,14,18,21H,10-13,15-17H2,1-3H3,(H,28,31)(H2,24,25,26). The smallest absolute Gasteiger partial charge is 0.246 e. The third-order valence-electron chi connectivity index (χ3n) is 5.52. The van der Waals surface area contributed by atoms with Crippen molar-refractivity contribution in [3.63, 3.8) is 0 Å². The average Bonchev–Trinajstić information content (AvgIpc) is 3.29. The van der Waals surface area contributed by atoms with E-state index in [1.165, 1.54) is 0 Å². The minimum absolute atomic E-state index is 0.112. The number of nitrogens with zero attached hydrogens (tertiary/aromatic N) is 4. The third kappa shape index (κ3) is 7.35. The summed E-state index contributed by atoms with van der Waals surface area (Å²) in [7, 11) is 1.78. The summed E-state index contributed by atoms with van der Waals surface area (Å²) < 4.78 is 7.09. The number of carbonyl (C=O) groups is 1. The molecule has 2 heterocycles. The number of aromatic nitrogens is 2. The number of amides is 1. The number of benzene rings is 1. The Balaban J connectivity index is 1.48. The Morgan fingerprint density at radius 2 is 2.03 bits per heavy atom. The Labute approximate surface area is 190 Å². The third-order valence-corrected chi connectivity index (χ3v) is 5.52. The van der Waals surface area contributed by atoms with Crippen LogP contribution in [0, 0.1) is 5.92 Å². The maximum atomic E-state index is 12.2. The molecule has 3 N–H and O–H groups in total. The molecular formula is C23H35N7O2. The molecule has 1 amide bonds. The highest BCUT2D eigenvalue weighted by Crippen LogP contribution is 2.13. The maximum Gasteiger partial charge on any atom is 0.246 e. The molecule has 9 nitrogen and oxygen atoms in total. The van der Waals surface area contributed by atoms with Crippen LogP contribution in [-0.2, 0) is 22.6 Å². The summed E-state index contributed by atoms with van der Waals surface area (Å²) in [6.07, 6.45) is 3.42. The van der Waals surface area contributed by atoms with Gasteiger partial charge in [-0.2, -0.15) is 5.10 Å². The Kier molecular flexibility index (Phi) is 9.06. The highest BCUT2D eigenvalue weighted by Gasteiger charge is 2.23. The molecule has 2 aromatic rings. The fraction of sp³-hybridized carbons (Fsp3) is 0.522. The molecule has 1 aromatic carbocycles. The van der Waals surface area contributed by atoms with Crippen LogP contribution in [0.5, 0.6) is 0 Å². The highest BCUT2D eigenvalue weighted by atomic mass is 16.5. The fourth-order valence-corrected chi connectivity index (χ4v) is 3.80. The van der Waals surface area contributed by atoms with Gasteiger partial charge in [0.2, 0.25) is 5.91 Å². The van der Waals surface area contributed by atoms with Crippen LogP contribution in [0.1, 0.15) is 19.4 Å². The SMILES string of the molecule is CN=C(NCc1cccc(NC(=O)Cn2cccn2)c1)NCC(C(C)C)N1CCOCC1. The number of carbonyl (C=O) groups excluding carboxylic acids is 1. The lowest BCUT2D eigenvalue weighted by molar-refractivity contribution is -0.116. The number of anilines is 1. The minimum Gasteiger partial charge on any atom is -0.379 e. The van der Waals surface area contributed by atoms with E-state index in [1.54, 1.807) is 30.2 Å². The van der Waals surface area contributed by atoms with Crippen molar-refractivity contribution in [3.05, 3.63) is 48.3 Å². The number of hydrogen-bond acceptors (Lipinski definition) is 5. The zero-order chi connectivity index (χ0) is 22.8. The largest absolute Gasteiger partial charge is 0.379 e. The normalized spacial score (nSPS) is 16.1. The lowest BCUT2D eigenvalue weighted by atomic mass is 10.0. The highest BCUT2D eigenvalue weighted by molar-refractivity contribution is 5.90. The number of nitrogens with one attached hydrogen (secondary N) is 3. The van der Waals surface area contributed by atoms with Crippen molar-refractivity contribution >= 4 is 17.6 Å². The molecule has 3 rings (SSSR count). The Morgan fingerprint density at radius 1 is 1.22 bits per heavy atom. The van der Waals surface area contributed by atoms with Crippen LogP contribution >= 0.6 is 0 Å². The van der Waals surface area contributed by atoms with E-state index >= 15 is 0 Å². The Morgan fingerprint density at radius 3 is 2.72 bits per heavy atom. The van der Waals surface area contributed by atoms with Crippen molar-refractivity contribution in [2.45, 2.75) is 33.0 Å². The molecule has 1 fully saturated rings. The number of rotatable bonds is 9. The first-order valence-corrected chi connectivity index (χ1v) is 11.2. The van der Waals surface area contributed by atoms with Crippen LogP contribution in [0.25, 0.3) is 0 Å². The quantitative estimate of drug-likeness (QED) is 0.404. The average molecular weight is 442 g/mol. The molecule has 0 aliphatic carbocycles. The molecule has 9 heteroatoms. The summed E-state index contributed by atoms with van der Waals surface area (Å²) in [5, 5.41) is 13.8. The van der Waals surface area contributed by atoms with E-state index in [1.807, 2.05) is 24.3 Å². The van der Waals surface area contributed by atoms with Crippen LogP contribution in [-0.4, -0.2) is 72.5 Å². The molecule has 1 aromatic heterocycles. The van der Waals surface area contributed by atoms with Gasteiger partial charge in [0.25, 0.3) is 0 Å². The van der Waals surface area contributed by atoms with Gasteiger partial charge in [-0.15, -0.1) is 0 Å². The second-order valence-corrected chi connectivity index (χ2v) is 8.22. The maximum absolute atomic E-state index is 12.2. The zero-order valence-electron chi connectivity index (χ0n) is 19.3. The van der Waals surface area contributed by atoms with Crippen molar-refractivity contribution < 1.29 is 9.53 Å². The number of guanidine groups is 1. The summed E-state index contributed by atoms with van der Waals surface area (Å²) >= 11 is 0. The van der Waals surface area contributed by atoms with Crippen LogP contribution in [0.3, 0.4) is 0 Å². The first kappa shape index (κ1) is 23.7. The molecule has 1 atom stereocenters. The second-order valence-electron chi connectivity index (χ2n) is 8.22. The first-order chi connectivity index (χ1) is 15.5. The van der Waals surface area contributed by atoms with Crippen molar-refractivity contribution in [2.24, 2.45) is 10.9 Å². The van der Waals surface area contributed by atoms with Gasteiger partial charge in [0.05, 0.1) is 13.2 Å². The molecule has 0 radical (unpaired) electrons. The summed E-state index contributed by atoms with van der Waals surface area (Å²) in [4.78, 5) is 19.1. The summed E-state index contributed by atoms with van der Waals surface area (Å²) in [5.41, 5.74) is 1.81. The second kappa shape index (κ2) is 12.2. The van der Waals surface area contributed by atoms with Gasteiger partial charge in [-0.3, -0.25) is 19.4 Å². The minimum atomic E-state index is -0.112. The molecule has 1 saturated heterocycles. The molecule has 1 aliphatic rings. The van der Waals surface area contributed by atoms with E-state index in [0.717, 1.165) is 50.1 Å². The van der Waals surface area contributed by atoms with Gasteiger partial charge in [-0.1, -0.05) is 26.0 Å². The van der Waals surface area contributed by atoms with Gasteiger partial charge in [0.15, 0.2) is 5.96 Å². The van der Waals surface area contributed by atoms with E-state index in [0.29, 0.717) is 18.5 Å². The lowest BCUT2D eigenvalue weighted by Gasteiger charge is -2.37. The predicted octanol–water partition coefficient (Wildman–Crippen LogP) is 1.54. The molecule has 0 spiro atoms. The first-order valence-electron chi connectivity index (χ1n) is 11.2. The summed E-state index contributed by atoms with van der Waals surface area (Å²) in [6.45, 7) is 9.65. The van der Waals surface area contributed by atoms with Crippen LogP contribution < -0.4 is 16.0 Å². The Bertz CT molecular complexity index is 861. The number of aliphatic imine (C=N–C) groups is 1. The lowest BCUT2D eigenvalue weighted by Crippen LogP contribution is -2.52. The predicted molar refractivity (Wildman–Crippen MR) is 127 cm³/mol. The molecule has 174 valence electrons. The van der Waals surface area contributed by atoms with Crippen LogP contribution in [0.15, 0.2) is 47.7 Å². The topological polar surface area (TPSA) is 95.8 Å². The zero-order valence-corrected chi connectivity index (χ0v) is 19.3. The molecule has 32 heavy (non-hydrogen) atoms.